The van der Waals surface area contributed by atoms with Crippen LogP contribution in [-0.4, -0.2) is 29.1 Å². The average Bonchev–Trinajstić information content (AvgIpc) is 2.62. The molecule has 0 aliphatic carbocycles. The number of benzene rings is 1. The van der Waals surface area contributed by atoms with Gasteiger partial charge in [0, 0.05) is 18.8 Å². The van der Waals surface area contributed by atoms with E-state index in [-0.39, 0.29) is 22.2 Å². The molecule has 1 aromatic carbocycles. The van der Waals surface area contributed by atoms with Crippen molar-refractivity contribution in [3.63, 3.8) is 0 Å². The van der Waals surface area contributed by atoms with Crippen molar-refractivity contribution in [1.82, 2.24) is 15.0 Å². The van der Waals surface area contributed by atoms with Crippen LogP contribution in [0.1, 0.15) is 18.7 Å². The zero-order valence-corrected chi connectivity index (χ0v) is 14.5. The Morgan fingerprint density at radius 1 is 1.28 bits per heavy atom. The summed E-state index contributed by atoms with van der Waals surface area (Å²) in [6.45, 7) is 1.40. The number of rotatable bonds is 4. The molecule has 130 valence electrons. The highest BCUT2D eigenvalue weighted by Crippen LogP contribution is 2.35. The monoisotopic (exact) mass is 364 g/mol. The summed E-state index contributed by atoms with van der Waals surface area (Å²) in [5, 5.41) is 3.52. The van der Waals surface area contributed by atoms with Crippen molar-refractivity contribution in [3.05, 3.63) is 40.8 Å². The Bertz CT molecular complexity index is 950. The first kappa shape index (κ1) is 17.3. The van der Waals surface area contributed by atoms with Crippen molar-refractivity contribution in [2.75, 3.05) is 19.5 Å². The Kier molecular flexibility index (Phi) is 4.67. The maximum absolute atomic E-state index is 15.1. The predicted octanol–water partition coefficient (Wildman–Crippen LogP) is 4.57. The van der Waals surface area contributed by atoms with E-state index in [1.165, 1.54) is 32.4 Å². The van der Waals surface area contributed by atoms with Gasteiger partial charge in [0.25, 0.3) is 0 Å². The summed E-state index contributed by atoms with van der Waals surface area (Å²) >= 11 is 6.18. The standard InChI is InChI=1S/C17H15ClF2N4O/c1-8(19)9-4-5-12(18)10(6-9)14-13(20)15-11(7-22-14)16(21-2)24-17(23-15)25-3/h4-8H,1-3H3,(H,21,23,24). The normalized spacial score (nSPS) is 12.2. The summed E-state index contributed by atoms with van der Waals surface area (Å²) in [6.07, 6.45) is 0.235. The number of hydrogen-bond donors (Lipinski definition) is 1. The molecule has 0 aliphatic rings. The molecule has 8 heteroatoms. The van der Waals surface area contributed by atoms with Crippen LogP contribution in [0.25, 0.3) is 22.2 Å². The van der Waals surface area contributed by atoms with Gasteiger partial charge in [0.15, 0.2) is 5.82 Å². The minimum atomic E-state index is -1.21. The Morgan fingerprint density at radius 3 is 2.68 bits per heavy atom. The van der Waals surface area contributed by atoms with E-state index in [1.54, 1.807) is 13.1 Å². The molecule has 5 nitrogen and oxygen atoms in total. The van der Waals surface area contributed by atoms with Crippen molar-refractivity contribution < 1.29 is 13.5 Å². The van der Waals surface area contributed by atoms with Gasteiger partial charge in [-0.05, 0) is 24.6 Å². The van der Waals surface area contributed by atoms with E-state index in [4.69, 9.17) is 16.3 Å². The number of alkyl halides is 1. The SMILES string of the molecule is CNc1nc(OC)nc2c(F)c(-c3cc(C(C)F)ccc3Cl)ncc12. The molecule has 0 radical (unpaired) electrons. The smallest absolute Gasteiger partial charge is 0.318 e. The molecular weight excluding hydrogens is 350 g/mol. The van der Waals surface area contributed by atoms with E-state index in [0.29, 0.717) is 22.3 Å². The zero-order chi connectivity index (χ0) is 18.1. The summed E-state index contributed by atoms with van der Waals surface area (Å²) in [6, 6.07) is 4.58. The van der Waals surface area contributed by atoms with Crippen LogP contribution in [0.2, 0.25) is 5.02 Å². The highest BCUT2D eigenvalue weighted by Gasteiger charge is 2.19. The van der Waals surface area contributed by atoms with Crippen LogP contribution in [0.3, 0.4) is 0 Å². The van der Waals surface area contributed by atoms with E-state index in [0.717, 1.165) is 0 Å². The lowest BCUT2D eigenvalue weighted by Gasteiger charge is -2.12. The summed E-state index contributed by atoms with van der Waals surface area (Å²) in [4.78, 5) is 12.3. The summed E-state index contributed by atoms with van der Waals surface area (Å²) in [7, 11) is 3.04. The Hall–Kier alpha value is -2.54. The second kappa shape index (κ2) is 6.76. The number of pyridine rings is 1. The van der Waals surface area contributed by atoms with Crippen LogP contribution in [-0.2, 0) is 0 Å². The Balaban J connectivity index is 2.28. The molecule has 0 aliphatic heterocycles. The van der Waals surface area contributed by atoms with Crippen molar-refractivity contribution in [1.29, 1.82) is 0 Å². The van der Waals surface area contributed by atoms with Gasteiger partial charge in [-0.1, -0.05) is 17.7 Å². The third-order valence-corrected chi connectivity index (χ3v) is 4.12. The number of hydrogen-bond acceptors (Lipinski definition) is 5. The van der Waals surface area contributed by atoms with Gasteiger partial charge in [0.1, 0.15) is 23.2 Å². The van der Waals surface area contributed by atoms with E-state index in [9.17, 15) is 4.39 Å². The van der Waals surface area contributed by atoms with Gasteiger partial charge < -0.3 is 10.1 Å². The lowest BCUT2D eigenvalue weighted by atomic mass is 10.0. The molecule has 25 heavy (non-hydrogen) atoms. The van der Waals surface area contributed by atoms with Gasteiger partial charge in [-0.15, -0.1) is 0 Å². The first-order valence-corrected chi connectivity index (χ1v) is 7.86. The minimum Gasteiger partial charge on any atom is -0.467 e. The summed E-state index contributed by atoms with van der Waals surface area (Å²) < 4.78 is 33.7. The van der Waals surface area contributed by atoms with Gasteiger partial charge in [-0.3, -0.25) is 4.98 Å². The fourth-order valence-electron chi connectivity index (χ4n) is 2.48. The lowest BCUT2D eigenvalue weighted by Crippen LogP contribution is -2.03. The second-order valence-electron chi connectivity index (χ2n) is 5.35. The number of fused-ring (bicyclic) bond motifs is 1. The van der Waals surface area contributed by atoms with E-state index in [2.05, 4.69) is 20.3 Å². The van der Waals surface area contributed by atoms with Crippen LogP contribution in [0.5, 0.6) is 6.01 Å². The van der Waals surface area contributed by atoms with Crippen molar-refractivity contribution in [3.8, 4) is 17.3 Å². The van der Waals surface area contributed by atoms with E-state index >= 15 is 4.39 Å². The van der Waals surface area contributed by atoms with Crippen molar-refractivity contribution >= 4 is 28.3 Å². The van der Waals surface area contributed by atoms with E-state index in [1.807, 2.05) is 0 Å². The first-order valence-electron chi connectivity index (χ1n) is 7.48. The van der Waals surface area contributed by atoms with Crippen LogP contribution in [0, 0.1) is 5.82 Å². The Labute approximate surface area is 148 Å². The molecule has 1 atom stereocenters. The van der Waals surface area contributed by atoms with Gasteiger partial charge in [0.2, 0.25) is 0 Å². The van der Waals surface area contributed by atoms with Crippen LogP contribution < -0.4 is 10.1 Å². The molecule has 0 fully saturated rings. The molecule has 0 amide bonds. The summed E-state index contributed by atoms with van der Waals surface area (Å²) in [5.74, 6) is -0.294. The van der Waals surface area contributed by atoms with E-state index < -0.39 is 12.0 Å². The molecule has 0 saturated heterocycles. The maximum atomic E-state index is 15.1. The van der Waals surface area contributed by atoms with Gasteiger partial charge >= 0.3 is 6.01 Å². The largest absolute Gasteiger partial charge is 0.467 e. The van der Waals surface area contributed by atoms with Crippen LogP contribution >= 0.6 is 11.6 Å². The topological polar surface area (TPSA) is 59.9 Å². The molecule has 0 bridgehead atoms. The third kappa shape index (κ3) is 3.07. The number of ether oxygens (including phenoxy) is 1. The first-order chi connectivity index (χ1) is 12.0. The second-order valence-corrected chi connectivity index (χ2v) is 5.75. The lowest BCUT2D eigenvalue weighted by molar-refractivity contribution is 0.374. The molecule has 2 aromatic heterocycles. The Morgan fingerprint density at radius 2 is 2.04 bits per heavy atom. The fraction of sp³-hybridized carbons (Fsp3) is 0.235. The highest BCUT2D eigenvalue weighted by atomic mass is 35.5. The summed E-state index contributed by atoms with van der Waals surface area (Å²) in [5.41, 5.74) is 0.710. The minimum absolute atomic E-state index is 0.0113. The average molecular weight is 365 g/mol. The molecule has 0 spiro atoms. The number of methoxy groups -OCH3 is 1. The number of aromatic nitrogens is 3. The van der Waals surface area contributed by atoms with Gasteiger partial charge in [-0.2, -0.15) is 9.97 Å². The number of nitrogens with one attached hydrogen (secondary N) is 1. The molecule has 1 N–H and O–H groups in total. The van der Waals surface area contributed by atoms with Crippen LogP contribution in [0.15, 0.2) is 24.4 Å². The number of halogens is 3. The maximum Gasteiger partial charge on any atom is 0.318 e. The number of anilines is 1. The highest BCUT2D eigenvalue weighted by molar-refractivity contribution is 6.33. The van der Waals surface area contributed by atoms with Crippen molar-refractivity contribution in [2.45, 2.75) is 13.1 Å². The quantitative estimate of drug-likeness (QED) is 0.735. The van der Waals surface area contributed by atoms with Gasteiger partial charge in [-0.25, -0.2) is 8.78 Å². The molecule has 3 rings (SSSR count). The molecule has 3 aromatic rings. The molecule has 2 heterocycles. The molecule has 1 unspecified atom stereocenters. The van der Waals surface area contributed by atoms with Gasteiger partial charge in [0.05, 0.1) is 17.5 Å². The zero-order valence-electron chi connectivity index (χ0n) is 13.8. The van der Waals surface area contributed by atoms with Crippen molar-refractivity contribution in [2.24, 2.45) is 0 Å². The third-order valence-electron chi connectivity index (χ3n) is 3.79. The molecular formula is C17H15ClF2N4O. The number of nitrogens with zero attached hydrogens (tertiary/aromatic N) is 3. The fourth-order valence-corrected chi connectivity index (χ4v) is 2.68. The molecule has 0 saturated carbocycles. The van der Waals surface area contributed by atoms with Crippen LogP contribution in [0.4, 0.5) is 14.6 Å². The predicted molar refractivity (Wildman–Crippen MR) is 93.4 cm³/mol.